The lowest BCUT2D eigenvalue weighted by Crippen LogP contribution is -2.23. The van der Waals surface area contributed by atoms with Gasteiger partial charge in [-0.3, -0.25) is 5.43 Å². The van der Waals surface area contributed by atoms with Crippen LogP contribution in [0.4, 0.5) is 0 Å². The third-order valence-electron chi connectivity index (χ3n) is 1.15. The van der Waals surface area contributed by atoms with Crippen molar-refractivity contribution >= 4 is 0 Å². The number of aliphatic hydroxyl groups excluding tert-OH is 2. The van der Waals surface area contributed by atoms with Gasteiger partial charge in [0.05, 0.1) is 12.6 Å². The molecule has 11 heavy (non-hydrogen) atoms. The van der Waals surface area contributed by atoms with Crippen molar-refractivity contribution in [2.24, 2.45) is 5.29 Å². The zero-order valence-corrected chi connectivity index (χ0v) is 5.97. The van der Waals surface area contributed by atoms with E-state index in [1.165, 1.54) is 0 Å². The van der Waals surface area contributed by atoms with Crippen molar-refractivity contribution in [3.63, 3.8) is 0 Å². The van der Waals surface area contributed by atoms with E-state index in [1.54, 1.807) is 0 Å². The number of rotatable bonds is 6. The Bertz CT molecular complexity index is 109. The Hall–Kier alpha value is -0.720. The number of nitrogens with zero attached hydrogens (tertiary/aromatic N) is 1. The van der Waals surface area contributed by atoms with Gasteiger partial charge in [-0.1, -0.05) is 0 Å². The quantitative estimate of drug-likeness (QED) is 0.222. The second-order valence-corrected chi connectivity index (χ2v) is 2.17. The molecular weight excluding hydrogens is 152 g/mol. The van der Waals surface area contributed by atoms with Crippen LogP contribution < -0.4 is 5.43 Å². The number of aliphatic hydroxyl groups is 3. The third-order valence-corrected chi connectivity index (χ3v) is 1.15. The highest BCUT2D eigenvalue weighted by Gasteiger charge is 2.05. The van der Waals surface area contributed by atoms with Crippen molar-refractivity contribution < 1.29 is 15.3 Å². The van der Waals surface area contributed by atoms with E-state index in [1.807, 2.05) is 5.43 Å². The number of hydrogen-bond acceptors (Lipinski definition) is 5. The van der Waals surface area contributed by atoms with E-state index in [9.17, 15) is 4.91 Å². The highest BCUT2D eigenvalue weighted by atomic mass is 16.5. The molecule has 0 amide bonds. The summed E-state index contributed by atoms with van der Waals surface area (Å²) < 4.78 is 0. The van der Waals surface area contributed by atoms with Crippen LogP contribution in [0.15, 0.2) is 5.29 Å². The first-order chi connectivity index (χ1) is 5.16. The van der Waals surface area contributed by atoms with Crippen LogP contribution in [0.1, 0.15) is 12.8 Å². The zero-order chi connectivity index (χ0) is 8.69. The van der Waals surface area contributed by atoms with Gasteiger partial charge in [0.15, 0.2) is 6.29 Å². The van der Waals surface area contributed by atoms with Crippen LogP contribution in [0.25, 0.3) is 0 Å². The summed E-state index contributed by atoms with van der Waals surface area (Å²) in [5.41, 5.74) is 2.03. The van der Waals surface area contributed by atoms with Crippen molar-refractivity contribution in [3.8, 4) is 0 Å². The van der Waals surface area contributed by atoms with Gasteiger partial charge in [0, 0.05) is 11.7 Å². The topological polar surface area (TPSA) is 102 Å². The molecule has 6 nitrogen and oxygen atoms in total. The molecule has 1 atom stereocenters. The summed E-state index contributed by atoms with van der Waals surface area (Å²) in [6.07, 6.45) is -1.87. The van der Waals surface area contributed by atoms with Crippen molar-refractivity contribution in [2.75, 3.05) is 6.54 Å². The maximum atomic E-state index is 9.48. The molecule has 6 heteroatoms. The molecule has 4 N–H and O–H groups in total. The SMILES string of the molecule is O=NNCC(O)CCC(O)O. The molecule has 0 fully saturated rings. The monoisotopic (exact) mass is 164 g/mol. The molecule has 0 aliphatic rings. The second kappa shape index (κ2) is 6.02. The molecule has 0 aliphatic heterocycles. The van der Waals surface area contributed by atoms with Crippen molar-refractivity contribution in [3.05, 3.63) is 4.91 Å². The Morgan fingerprint density at radius 2 is 1.91 bits per heavy atom. The highest BCUT2D eigenvalue weighted by molar-refractivity contribution is 4.57. The summed E-state index contributed by atoms with van der Waals surface area (Å²) >= 11 is 0. The Labute approximate surface area is 63.8 Å². The van der Waals surface area contributed by atoms with Crippen LogP contribution in [-0.4, -0.2) is 34.3 Å². The van der Waals surface area contributed by atoms with Gasteiger partial charge in [-0.2, -0.15) is 0 Å². The van der Waals surface area contributed by atoms with E-state index >= 15 is 0 Å². The third kappa shape index (κ3) is 7.17. The summed E-state index contributed by atoms with van der Waals surface area (Å²) in [5.74, 6) is 0. The Morgan fingerprint density at radius 3 is 2.36 bits per heavy atom. The molecule has 0 heterocycles. The van der Waals surface area contributed by atoms with Crippen LogP contribution in [0, 0.1) is 4.91 Å². The van der Waals surface area contributed by atoms with Crippen LogP contribution in [0.5, 0.6) is 0 Å². The van der Waals surface area contributed by atoms with E-state index in [0.29, 0.717) is 0 Å². The molecule has 0 aliphatic carbocycles. The van der Waals surface area contributed by atoms with Crippen molar-refractivity contribution in [1.82, 2.24) is 5.43 Å². The Balaban J connectivity index is 3.21. The molecule has 0 aromatic carbocycles. The van der Waals surface area contributed by atoms with Gasteiger partial charge in [0.25, 0.3) is 0 Å². The zero-order valence-electron chi connectivity index (χ0n) is 5.97. The molecule has 0 spiro atoms. The molecule has 66 valence electrons. The lowest BCUT2D eigenvalue weighted by molar-refractivity contribution is -0.0528. The lowest BCUT2D eigenvalue weighted by Gasteiger charge is -2.08. The number of nitroso groups, excluding NO2 is 1. The lowest BCUT2D eigenvalue weighted by atomic mass is 10.2. The summed E-state index contributed by atoms with van der Waals surface area (Å²) in [4.78, 5) is 9.48. The van der Waals surface area contributed by atoms with E-state index in [2.05, 4.69) is 5.29 Å². The molecular formula is C5H12N2O4. The van der Waals surface area contributed by atoms with E-state index in [4.69, 9.17) is 15.3 Å². The first-order valence-corrected chi connectivity index (χ1v) is 3.26. The second-order valence-electron chi connectivity index (χ2n) is 2.17. The van der Waals surface area contributed by atoms with Gasteiger partial charge < -0.3 is 15.3 Å². The van der Waals surface area contributed by atoms with E-state index < -0.39 is 12.4 Å². The average molecular weight is 164 g/mol. The largest absolute Gasteiger partial charge is 0.391 e. The summed E-state index contributed by atoms with van der Waals surface area (Å²) in [6, 6.07) is 0. The van der Waals surface area contributed by atoms with Crippen molar-refractivity contribution in [2.45, 2.75) is 25.2 Å². The minimum absolute atomic E-state index is 0.0379. The fourth-order valence-corrected chi connectivity index (χ4v) is 0.586. The molecule has 0 saturated carbocycles. The Kier molecular flexibility index (Phi) is 5.63. The molecule has 0 bridgehead atoms. The fourth-order valence-electron chi connectivity index (χ4n) is 0.586. The van der Waals surface area contributed by atoms with Gasteiger partial charge in [-0.15, -0.1) is 4.91 Å². The van der Waals surface area contributed by atoms with Gasteiger partial charge in [0.2, 0.25) is 0 Å². The molecule has 0 aromatic rings. The standard InChI is InChI=1S/C5H12N2O4/c8-4(3-6-7-11)1-2-5(9)10/h4-5,8-10H,1-3H2,(H,6,11). The molecule has 0 aromatic heterocycles. The van der Waals surface area contributed by atoms with Gasteiger partial charge >= 0.3 is 0 Å². The van der Waals surface area contributed by atoms with Crippen LogP contribution in [0.3, 0.4) is 0 Å². The summed E-state index contributed by atoms with van der Waals surface area (Å²) in [5, 5.41) is 28.0. The Morgan fingerprint density at radius 1 is 1.27 bits per heavy atom. The van der Waals surface area contributed by atoms with Crippen LogP contribution in [0.2, 0.25) is 0 Å². The van der Waals surface area contributed by atoms with Gasteiger partial charge in [-0.25, -0.2) is 0 Å². The average Bonchev–Trinajstić information content (AvgIpc) is 1.97. The minimum atomic E-state index is -1.41. The maximum absolute atomic E-state index is 9.48. The van der Waals surface area contributed by atoms with Crippen LogP contribution in [-0.2, 0) is 0 Å². The van der Waals surface area contributed by atoms with Crippen LogP contribution >= 0.6 is 0 Å². The normalized spacial score (nSPS) is 13.1. The smallest absolute Gasteiger partial charge is 0.151 e. The first kappa shape index (κ1) is 10.3. The maximum Gasteiger partial charge on any atom is 0.151 e. The van der Waals surface area contributed by atoms with E-state index in [-0.39, 0.29) is 19.4 Å². The van der Waals surface area contributed by atoms with Gasteiger partial charge in [0.1, 0.15) is 0 Å². The molecule has 0 rings (SSSR count). The molecule has 0 saturated heterocycles. The number of nitrogens with one attached hydrogen (secondary N) is 1. The fraction of sp³-hybridized carbons (Fsp3) is 1.00. The predicted octanol–water partition coefficient (Wildman–Crippen LogP) is -1.29. The minimum Gasteiger partial charge on any atom is -0.391 e. The highest BCUT2D eigenvalue weighted by Crippen LogP contribution is 1.98. The molecule has 1 unspecified atom stereocenters. The summed E-state index contributed by atoms with van der Waals surface area (Å²) in [7, 11) is 0. The summed E-state index contributed by atoms with van der Waals surface area (Å²) in [6.45, 7) is 0.0379. The predicted molar refractivity (Wildman–Crippen MR) is 37.3 cm³/mol. The molecule has 0 radical (unpaired) electrons. The first-order valence-electron chi connectivity index (χ1n) is 3.26. The van der Waals surface area contributed by atoms with Crippen molar-refractivity contribution in [1.29, 1.82) is 0 Å². The van der Waals surface area contributed by atoms with E-state index in [0.717, 1.165) is 0 Å². The van der Waals surface area contributed by atoms with Gasteiger partial charge in [-0.05, 0) is 6.42 Å². The number of hydrogen-bond donors (Lipinski definition) is 4.